The van der Waals surface area contributed by atoms with Crippen LogP contribution in [0.2, 0.25) is 0 Å². The van der Waals surface area contributed by atoms with Crippen molar-refractivity contribution in [3.63, 3.8) is 0 Å². The van der Waals surface area contributed by atoms with Crippen molar-refractivity contribution in [2.45, 2.75) is 49.5 Å². The fourth-order valence-corrected chi connectivity index (χ4v) is 5.72. The quantitative estimate of drug-likeness (QED) is 0.743. The zero-order valence-corrected chi connectivity index (χ0v) is 17.2. The number of aromatic nitrogens is 2. The van der Waals surface area contributed by atoms with Gasteiger partial charge >= 0.3 is 0 Å². The lowest BCUT2D eigenvalue weighted by atomic mass is 10.1. The normalized spacial score (nSPS) is 18.8. The van der Waals surface area contributed by atoms with Crippen LogP contribution >= 0.6 is 11.3 Å². The van der Waals surface area contributed by atoms with Gasteiger partial charge in [0.15, 0.2) is 0 Å². The maximum absolute atomic E-state index is 12.9. The predicted molar refractivity (Wildman–Crippen MR) is 108 cm³/mol. The molecule has 1 aromatic carbocycles. The van der Waals surface area contributed by atoms with Crippen molar-refractivity contribution < 1.29 is 13.2 Å². The number of piperidine rings is 1. The maximum atomic E-state index is 12.9. The van der Waals surface area contributed by atoms with Crippen LogP contribution in [0.3, 0.4) is 0 Å². The van der Waals surface area contributed by atoms with Crippen LogP contribution in [0.15, 0.2) is 29.2 Å². The molecule has 0 bridgehead atoms. The van der Waals surface area contributed by atoms with E-state index in [0.29, 0.717) is 24.7 Å². The van der Waals surface area contributed by atoms with E-state index in [1.54, 1.807) is 23.5 Å². The first-order valence-corrected chi connectivity index (χ1v) is 11.7. The molecule has 28 heavy (non-hydrogen) atoms. The molecule has 1 amide bonds. The summed E-state index contributed by atoms with van der Waals surface area (Å²) >= 11 is 1.61. The Morgan fingerprint density at radius 1 is 1.11 bits per heavy atom. The van der Waals surface area contributed by atoms with E-state index in [9.17, 15) is 13.2 Å². The molecule has 1 aromatic heterocycles. The average molecular weight is 422 g/mol. The van der Waals surface area contributed by atoms with Gasteiger partial charge in [-0.05, 0) is 49.9 Å². The number of rotatable bonds is 6. The van der Waals surface area contributed by atoms with E-state index in [-0.39, 0.29) is 16.8 Å². The smallest absolute Gasteiger partial charge is 0.243 e. The molecule has 2 heterocycles. The number of benzene rings is 1. The minimum absolute atomic E-state index is 0.190. The summed E-state index contributed by atoms with van der Waals surface area (Å²) in [5.74, 6) is 0.405. The minimum atomic E-state index is -3.53. The molecule has 0 spiro atoms. The Hall–Kier alpha value is -2.04. The largest absolute Gasteiger partial charge is 0.357 e. The van der Waals surface area contributed by atoms with E-state index >= 15 is 0 Å². The second-order valence-corrected chi connectivity index (χ2v) is 10.2. The topological polar surface area (TPSA) is 104 Å². The highest BCUT2D eigenvalue weighted by atomic mass is 32.2. The standard InChI is InChI=1S/C18H23N5O3S2/c1-12(24)19-14-4-6-16(7-5-14)28(25,26)23-10-8-15(9-11-23)20-18-22-21-17(27-18)13-2-3-13/h4-7,13,15H,2-3,8-11H2,1H3,(H,19,24)(H,20,22). The Bertz CT molecular complexity index is 946. The summed E-state index contributed by atoms with van der Waals surface area (Å²) in [6, 6.07) is 6.48. The van der Waals surface area contributed by atoms with Crippen molar-refractivity contribution in [1.29, 1.82) is 0 Å². The SMILES string of the molecule is CC(=O)Nc1ccc(S(=O)(=O)N2CCC(Nc3nnc(C4CC4)s3)CC2)cc1. The molecule has 10 heteroatoms. The van der Waals surface area contributed by atoms with Crippen molar-refractivity contribution >= 4 is 38.1 Å². The number of carbonyl (C=O) groups is 1. The molecule has 150 valence electrons. The molecule has 1 aliphatic carbocycles. The van der Waals surface area contributed by atoms with Crippen LogP contribution in [-0.4, -0.2) is 48.0 Å². The maximum Gasteiger partial charge on any atom is 0.243 e. The average Bonchev–Trinajstić information content (AvgIpc) is 3.42. The molecule has 0 radical (unpaired) electrons. The van der Waals surface area contributed by atoms with Crippen molar-refractivity contribution in [2.24, 2.45) is 0 Å². The van der Waals surface area contributed by atoms with Gasteiger partial charge in [-0.2, -0.15) is 4.31 Å². The molecule has 2 fully saturated rings. The van der Waals surface area contributed by atoms with Crippen LogP contribution in [0.4, 0.5) is 10.8 Å². The highest BCUT2D eigenvalue weighted by Gasteiger charge is 2.31. The number of amides is 1. The van der Waals surface area contributed by atoms with Crippen molar-refractivity contribution in [1.82, 2.24) is 14.5 Å². The second kappa shape index (κ2) is 7.76. The van der Waals surface area contributed by atoms with Crippen LogP contribution in [0.25, 0.3) is 0 Å². The van der Waals surface area contributed by atoms with Crippen molar-refractivity contribution in [2.75, 3.05) is 23.7 Å². The molecule has 0 unspecified atom stereocenters. The van der Waals surface area contributed by atoms with Crippen LogP contribution in [0.5, 0.6) is 0 Å². The lowest BCUT2D eigenvalue weighted by Crippen LogP contribution is -2.42. The molecule has 2 N–H and O–H groups in total. The summed E-state index contributed by atoms with van der Waals surface area (Å²) in [6.07, 6.45) is 3.86. The highest BCUT2D eigenvalue weighted by molar-refractivity contribution is 7.89. The molecule has 2 aliphatic rings. The lowest BCUT2D eigenvalue weighted by molar-refractivity contribution is -0.114. The summed E-state index contributed by atoms with van der Waals surface area (Å²) in [7, 11) is -3.53. The summed E-state index contributed by atoms with van der Waals surface area (Å²) in [4.78, 5) is 11.3. The number of anilines is 2. The predicted octanol–water partition coefficient (Wildman–Crippen LogP) is 2.64. The Labute approximate surface area is 168 Å². The monoisotopic (exact) mass is 421 g/mol. The fourth-order valence-electron chi connectivity index (χ4n) is 3.27. The second-order valence-electron chi connectivity index (χ2n) is 7.25. The van der Waals surface area contributed by atoms with Gasteiger partial charge in [-0.3, -0.25) is 4.79 Å². The molecule has 0 atom stereocenters. The summed E-state index contributed by atoms with van der Waals surface area (Å²) in [5.41, 5.74) is 0.581. The van der Waals surface area contributed by atoms with E-state index in [1.807, 2.05) is 0 Å². The first kappa shape index (κ1) is 19.3. The summed E-state index contributed by atoms with van der Waals surface area (Å²) in [6.45, 7) is 2.33. The highest BCUT2D eigenvalue weighted by Crippen LogP contribution is 2.42. The van der Waals surface area contributed by atoms with E-state index in [4.69, 9.17) is 0 Å². The van der Waals surface area contributed by atoms with E-state index in [1.165, 1.54) is 36.2 Å². The number of hydrogen-bond donors (Lipinski definition) is 2. The molecule has 4 rings (SSSR count). The number of nitrogens with zero attached hydrogens (tertiary/aromatic N) is 3. The van der Waals surface area contributed by atoms with Gasteiger partial charge in [-0.15, -0.1) is 10.2 Å². The number of nitrogens with one attached hydrogen (secondary N) is 2. The van der Waals surface area contributed by atoms with Crippen LogP contribution in [0, 0.1) is 0 Å². The van der Waals surface area contributed by atoms with Gasteiger partial charge in [-0.25, -0.2) is 8.42 Å². The van der Waals surface area contributed by atoms with Gasteiger partial charge in [0.05, 0.1) is 4.90 Å². The minimum Gasteiger partial charge on any atom is -0.357 e. The molecule has 8 nitrogen and oxygen atoms in total. The van der Waals surface area contributed by atoms with Crippen molar-refractivity contribution in [3.05, 3.63) is 29.3 Å². The molecular formula is C18H23N5O3S2. The number of hydrogen-bond acceptors (Lipinski definition) is 7. The molecule has 1 saturated carbocycles. The van der Waals surface area contributed by atoms with Crippen LogP contribution < -0.4 is 10.6 Å². The summed E-state index contributed by atoms with van der Waals surface area (Å²) < 4.78 is 27.3. The van der Waals surface area contributed by atoms with E-state index < -0.39 is 10.0 Å². The van der Waals surface area contributed by atoms with Gasteiger partial charge in [0.1, 0.15) is 5.01 Å². The Morgan fingerprint density at radius 2 is 1.79 bits per heavy atom. The third kappa shape index (κ3) is 4.34. The Balaban J connectivity index is 1.34. The lowest BCUT2D eigenvalue weighted by Gasteiger charge is -2.31. The van der Waals surface area contributed by atoms with Gasteiger partial charge in [0.25, 0.3) is 0 Å². The number of carbonyl (C=O) groups excluding carboxylic acids is 1. The van der Waals surface area contributed by atoms with Gasteiger partial charge in [-0.1, -0.05) is 11.3 Å². The van der Waals surface area contributed by atoms with Gasteiger partial charge in [0.2, 0.25) is 21.1 Å². The third-order valence-electron chi connectivity index (χ3n) is 4.96. The first-order valence-electron chi connectivity index (χ1n) is 9.39. The molecule has 1 aliphatic heterocycles. The molecular weight excluding hydrogens is 398 g/mol. The van der Waals surface area contributed by atoms with E-state index in [2.05, 4.69) is 20.8 Å². The summed E-state index contributed by atoms with van der Waals surface area (Å²) in [5, 5.41) is 16.4. The van der Waals surface area contributed by atoms with Crippen LogP contribution in [0.1, 0.15) is 43.5 Å². The third-order valence-corrected chi connectivity index (χ3v) is 7.89. The van der Waals surface area contributed by atoms with E-state index in [0.717, 1.165) is 23.0 Å². The molecule has 1 saturated heterocycles. The van der Waals surface area contributed by atoms with Gasteiger partial charge < -0.3 is 10.6 Å². The first-order chi connectivity index (χ1) is 13.4. The zero-order chi connectivity index (χ0) is 19.7. The number of sulfonamides is 1. The van der Waals surface area contributed by atoms with Gasteiger partial charge in [0, 0.05) is 37.7 Å². The fraction of sp³-hybridized carbons (Fsp3) is 0.500. The zero-order valence-electron chi connectivity index (χ0n) is 15.6. The molecule has 2 aromatic rings. The Morgan fingerprint density at radius 3 is 2.39 bits per heavy atom. The van der Waals surface area contributed by atoms with Crippen LogP contribution in [-0.2, 0) is 14.8 Å². The Kier molecular flexibility index (Phi) is 5.35. The van der Waals surface area contributed by atoms with Crippen molar-refractivity contribution in [3.8, 4) is 0 Å².